The number of carbonyl (C=O) groups is 1. The predicted octanol–water partition coefficient (Wildman–Crippen LogP) is 0.564. The highest BCUT2D eigenvalue weighted by atomic mass is 16.5. The molecule has 1 aliphatic carbocycles. The molecule has 0 spiro atoms. The van der Waals surface area contributed by atoms with Crippen molar-refractivity contribution in [2.75, 3.05) is 26.9 Å². The number of rotatable bonds is 7. The largest absolute Gasteiger partial charge is 0.465 e. The third-order valence-corrected chi connectivity index (χ3v) is 2.25. The van der Waals surface area contributed by atoms with Crippen LogP contribution in [0.15, 0.2) is 0 Å². The first-order chi connectivity index (χ1) is 6.77. The molecule has 1 fully saturated rings. The van der Waals surface area contributed by atoms with E-state index in [1.54, 1.807) is 14.0 Å². The maximum Gasteiger partial charge on any atom is 0.325 e. The van der Waals surface area contributed by atoms with E-state index in [0.717, 1.165) is 12.5 Å². The lowest BCUT2D eigenvalue weighted by molar-refractivity contribution is -0.147. The van der Waals surface area contributed by atoms with Gasteiger partial charge in [-0.3, -0.25) is 4.79 Å². The Hall–Kier alpha value is -0.610. The molecule has 4 nitrogen and oxygen atoms in total. The van der Waals surface area contributed by atoms with Crippen LogP contribution in [0, 0.1) is 5.92 Å². The second-order valence-electron chi connectivity index (χ2n) is 3.57. The first-order valence-corrected chi connectivity index (χ1v) is 5.19. The lowest BCUT2D eigenvalue weighted by Crippen LogP contribution is -2.39. The van der Waals surface area contributed by atoms with E-state index in [1.165, 1.54) is 12.8 Å². The summed E-state index contributed by atoms with van der Waals surface area (Å²) in [5, 5.41) is 2.88. The molecule has 0 aromatic heterocycles. The van der Waals surface area contributed by atoms with Gasteiger partial charge in [-0.2, -0.15) is 0 Å². The van der Waals surface area contributed by atoms with Crippen molar-refractivity contribution in [1.82, 2.24) is 5.32 Å². The molecular weight excluding hydrogens is 182 g/mol. The molecule has 1 aliphatic rings. The molecule has 1 rings (SSSR count). The molecule has 14 heavy (non-hydrogen) atoms. The van der Waals surface area contributed by atoms with Gasteiger partial charge in [-0.1, -0.05) is 0 Å². The van der Waals surface area contributed by atoms with E-state index in [-0.39, 0.29) is 12.0 Å². The van der Waals surface area contributed by atoms with Crippen LogP contribution in [-0.2, 0) is 14.3 Å². The molecule has 4 heteroatoms. The van der Waals surface area contributed by atoms with Crippen molar-refractivity contribution in [2.45, 2.75) is 25.8 Å². The fourth-order valence-corrected chi connectivity index (χ4v) is 1.15. The SMILES string of the molecule is CCOC(=O)C(COCC1CC1)NC. The van der Waals surface area contributed by atoms with Crippen LogP contribution in [0.3, 0.4) is 0 Å². The summed E-state index contributed by atoms with van der Waals surface area (Å²) in [7, 11) is 1.74. The van der Waals surface area contributed by atoms with E-state index >= 15 is 0 Å². The fraction of sp³-hybridized carbons (Fsp3) is 0.900. The molecular formula is C10H19NO3. The highest BCUT2D eigenvalue weighted by Gasteiger charge is 2.23. The topological polar surface area (TPSA) is 47.6 Å². The second-order valence-corrected chi connectivity index (χ2v) is 3.57. The first-order valence-electron chi connectivity index (χ1n) is 5.19. The number of ether oxygens (including phenoxy) is 2. The van der Waals surface area contributed by atoms with Gasteiger partial charge >= 0.3 is 5.97 Å². The summed E-state index contributed by atoms with van der Waals surface area (Å²) < 4.78 is 10.3. The molecule has 0 amide bonds. The molecule has 1 atom stereocenters. The number of hydrogen-bond donors (Lipinski definition) is 1. The summed E-state index contributed by atoms with van der Waals surface area (Å²) in [6.07, 6.45) is 2.53. The molecule has 1 N–H and O–H groups in total. The lowest BCUT2D eigenvalue weighted by Gasteiger charge is -2.14. The minimum atomic E-state index is -0.325. The van der Waals surface area contributed by atoms with E-state index < -0.39 is 0 Å². The van der Waals surface area contributed by atoms with Crippen molar-refractivity contribution in [1.29, 1.82) is 0 Å². The first kappa shape index (κ1) is 11.5. The maximum absolute atomic E-state index is 11.3. The predicted molar refractivity (Wildman–Crippen MR) is 53.0 cm³/mol. The van der Waals surface area contributed by atoms with Gasteiger partial charge in [0.15, 0.2) is 0 Å². The molecule has 0 aliphatic heterocycles. The van der Waals surface area contributed by atoms with Gasteiger partial charge in [0.25, 0.3) is 0 Å². The third kappa shape index (κ3) is 4.07. The zero-order valence-electron chi connectivity index (χ0n) is 8.91. The zero-order valence-corrected chi connectivity index (χ0v) is 8.91. The van der Waals surface area contributed by atoms with Crippen LogP contribution in [0.1, 0.15) is 19.8 Å². The van der Waals surface area contributed by atoms with Gasteiger partial charge in [0.05, 0.1) is 13.2 Å². The lowest BCUT2D eigenvalue weighted by atomic mass is 10.3. The van der Waals surface area contributed by atoms with Crippen molar-refractivity contribution in [2.24, 2.45) is 5.92 Å². The number of esters is 1. The van der Waals surface area contributed by atoms with Crippen molar-refractivity contribution in [3.05, 3.63) is 0 Å². The molecule has 1 saturated carbocycles. The van der Waals surface area contributed by atoms with Gasteiger partial charge < -0.3 is 14.8 Å². The minimum Gasteiger partial charge on any atom is -0.465 e. The number of hydrogen-bond acceptors (Lipinski definition) is 4. The highest BCUT2D eigenvalue weighted by Crippen LogP contribution is 2.28. The van der Waals surface area contributed by atoms with Crippen LogP contribution in [0.2, 0.25) is 0 Å². The van der Waals surface area contributed by atoms with Crippen molar-refractivity contribution in [3.8, 4) is 0 Å². The van der Waals surface area contributed by atoms with Gasteiger partial charge in [-0.05, 0) is 32.7 Å². The van der Waals surface area contributed by atoms with Crippen LogP contribution in [0.4, 0.5) is 0 Å². The maximum atomic E-state index is 11.3. The molecule has 0 aromatic carbocycles. The van der Waals surface area contributed by atoms with Crippen molar-refractivity contribution in [3.63, 3.8) is 0 Å². The second kappa shape index (κ2) is 5.98. The number of likely N-dealkylation sites (N-methyl/N-ethyl adjacent to an activating group) is 1. The van der Waals surface area contributed by atoms with E-state index in [4.69, 9.17) is 9.47 Å². The van der Waals surface area contributed by atoms with E-state index in [9.17, 15) is 4.79 Å². The van der Waals surface area contributed by atoms with Gasteiger partial charge in [0.2, 0.25) is 0 Å². The smallest absolute Gasteiger partial charge is 0.325 e. The summed E-state index contributed by atoms with van der Waals surface area (Å²) >= 11 is 0. The summed E-state index contributed by atoms with van der Waals surface area (Å²) in [6, 6.07) is -0.325. The van der Waals surface area contributed by atoms with Gasteiger partial charge in [0.1, 0.15) is 6.04 Å². The Balaban J connectivity index is 2.11. The number of nitrogens with one attached hydrogen (secondary N) is 1. The Morgan fingerprint density at radius 3 is 2.79 bits per heavy atom. The summed E-state index contributed by atoms with van der Waals surface area (Å²) in [5.74, 6) is 0.500. The Kier molecular flexibility index (Phi) is 4.90. The molecule has 82 valence electrons. The molecule has 0 aromatic rings. The van der Waals surface area contributed by atoms with Crippen LogP contribution < -0.4 is 5.32 Å². The van der Waals surface area contributed by atoms with E-state index in [1.807, 2.05) is 0 Å². The van der Waals surface area contributed by atoms with E-state index in [0.29, 0.717) is 13.2 Å². The molecule has 0 radical (unpaired) electrons. The zero-order chi connectivity index (χ0) is 10.4. The van der Waals surface area contributed by atoms with E-state index in [2.05, 4.69) is 5.32 Å². The standard InChI is InChI=1S/C10H19NO3/c1-3-14-10(12)9(11-2)7-13-6-8-4-5-8/h8-9,11H,3-7H2,1-2H3. The fourth-order valence-electron chi connectivity index (χ4n) is 1.15. The Bertz CT molecular complexity index is 180. The van der Waals surface area contributed by atoms with Crippen molar-refractivity contribution < 1.29 is 14.3 Å². The molecule has 0 saturated heterocycles. The average molecular weight is 201 g/mol. The van der Waals surface area contributed by atoms with Gasteiger partial charge in [-0.25, -0.2) is 0 Å². The average Bonchev–Trinajstić information content (AvgIpc) is 2.96. The highest BCUT2D eigenvalue weighted by molar-refractivity contribution is 5.75. The molecule has 0 heterocycles. The van der Waals surface area contributed by atoms with Gasteiger partial charge in [-0.15, -0.1) is 0 Å². The number of carbonyl (C=O) groups excluding carboxylic acids is 1. The van der Waals surface area contributed by atoms with Crippen molar-refractivity contribution >= 4 is 5.97 Å². The van der Waals surface area contributed by atoms with Crippen LogP contribution in [-0.4, -0.2) is 38.9 Å². The molecule has 1 unspecified atom stereocenters. The quantitative estimate of drug-likeness (QED) is 0.612. The Labute approximate surface area is 85.0 Å². The Morgan fingerprint density at radius 2 is 2.29 bits per heavy atom. The Morgan fingerprint density at radius 1 is 1.57 bits per heavy atom. The normalized spacial score (nSPS) is 17.9. The van der Waals surface area contributed by atoms with Gasteiger partial charge in [0, 0.05) is 6.61 Å². The minimum absolute atomic E-state index is 0.231. The molecule has 0 bridgehead atoms. The summed E-state index contributed by atoms with van der Waals surface area (Å²) in [5.41, 5.74) is 0. The van der Waals surface area contributed by atoms with Crippen LogP contribution >= 0.6 is 0 Å². The van der Waals surface area contributed by atoms with Crippen LogP contribution in [0.5, 0.6) is 0 Å². The van der Waals surface area contributed by atoms with Crippen LogP contribution in [0.25, 0.3) is 0 Å². The monoisotopic (exact) mass is 201 g/mol. The third-order valence-electron chi connectivity index (χ3n) is 2.25. The summed E-state index contributed by atoms with van der Waals surface area (Å²) in [4.78, 5) is 11.3. The summed E-state index contributed by atoms with van der Waals surface area (Å²) in [6.45, 7) is 3.40.